The molecule has 1 heterocycles. The van der Waals surface area contributed by atoms with Gasteiger partial charge in [0.25, 0.3) is 5.56 Å². The molecule has 0 radical (unpaired) electrons. The molecule has 0 fully saturated rings. The predicted molar refractivity (Wildman–Crippen MR) is 122 cm³/mol. The van der Waals surface area contributed by atoms with Gasteiger partial charge in [0, 0.05) is 18.1 Å². The highest BCUT2D eigenvalue weighted by atomic mass is 16.5. The molecule has 0 unspecified atom stereocenters. The SMILES string of the molecule is CCCCOc1c(OC/C=C(\C)CCC=C(C)C)c(=O)n(C)c2cc(N)ccc12. The quantitative estimate of drug-likeness (QED) is 0.332. The Labute approximate surface area is 173 Å². The van der Waals surface area contributed by atoms with Gasteiger partial charge in [-0.2, -0.15) is 0 Å². The summed E-state index contributed by atoms with van der Waals surface area (Å²) < 4.78 is 13.5. The summed E-state index contributed by atoms with van der Waals surface area (Å²) in [5.41, 5.74) is 9.61. The average Bonchev–Trinajstić information content (AvgIpc) is 2.67. The first-order valence-corrected chi connectivity index (χ1v) is 10.3. The van der Waals surface area contributed by atoms with Crippen molar-refractivity contribution < 1.29 is 9.47 Å². The molecule has 2 aromatic rings. The Hall–Kier alpha value is -2.69. The highest BCUT2D eigenvalue weighted by Crippen LogP contribution is 2.33. The Bertz CT molecular complexity index is 951. The van der Waals surface area contributed by atoms with Gasteiger partial charge in [0.05, 0.1) is 12.1 Å². The van der Waals surface area contributed by atoms with Gasteiger partial charge in [-0.15, -0.1) is 0 Å². The molecular weight excluding hydrogens is 364 g/mol. The van der Waals surface area contributed by atoms with E-state index in [0.29, 0.717) is 24.7 Å². The number of nitrogens with two attached hydrogens (primary N) is 1. The van der Waals surface area contributed by atoms with Crippen LogP contribution in [0, 0.1) is 0 Å². The molecule has 1 aromatic carbocycles. The first-order valence-electron chi connectivity index (χ1n) is 10.3. The molecule has 0 bridgehead atoms. The second kappa shape index (κ2) is 10.7. The molecule has 5 nitrogen and oxygen atoms in total. The van der Waals surface area contributed by atoms with E-state index in [0.717, 1.165) is 36.6 Å². The predicted octanol–water partition coefficient (Wildman–Crippen LogP) is 5.37. The number of anilines is 1. The van der Waals surface area contributed by atoms with Crippen molar-refractivity contribution in [3.05, 3.63) is 51.9 Å². The zero-order chi connectivity index (χ0) is 21.4. The van der Waals surface area contributed by atoms with Gasteiger partial charge in [-0.3, -0.25) is 4.79 Å². The van der Waals surface area contributed by atoms with Gasteiger partial charge >= 0.3 is 0 Å². The molecule has 1 aromatic heterocycles. The highest BCUT2D eigenvalue weighted by molar-refractivity contribution is 5.90. The van der Waals surface area contributed by atoms with Gasteiger partial charge in [-0.05, 0) is 64.3 Å². The molecule has 0 aliphatic rings. The van der Waals surface area contributed by atoms with Gasteiger partial charge in [0.1, 0.15) is 6.61 Å². The van der Waals surface area contributed by atoms with Crippen LogP contribution in [0.5, 0.6) is 11.5 Å². The van der Waals surface area contributed by atoms with Crippen LogP contribution in [0.2, 0.25) is 0 Å². The molecular formula is C24H34N2O3. The number of pyridine rings is 1. The second-order valence-electron chi connectivity index (χ2n) is 7.68. The van der Waals surface area contributed by atoms with Crippen molar-refractivity contribution in [2.24, 2.45) is 7.05 Å². The molecule has 2 rings (SSSR count). The number of hydrogen-bond donors (Lipinski definition) is 1. The summed E-state index contributed by atoms with van der Waals surface area (Å²) in [7, 11) is 1.73. The first-order chi connectivity index (χ1) is 13.8. The number of nitrogen functional groups attached to an aromatic ring is 1. The normalized spacial score (nSPS) is 11.6. The van der Waals surface area contributed by atoms with Gasteiger partial charge in [-0.1, -0.05) is 30.6 Å². The van der Waals surface area contributed by atoms with Crippen LogP contribution in [0.15, 0.2) is 46.3 Å². The van der Waals surface area contributed by atoms with Crippen LogP contribution in [-0.2, 0) is 7.05 Å². The maximum atomic E-state index is 13.0. The Morgan fingerprint density at radius 1 is 1.14 bits per heavy atom. The lowest BCUT2D eigenvalue weighted by Gasteiger charge is -2.17. The molecule has 0 amide bonds. The summed E-state index contributed by atoms with van der Waals surface area (Å²) in [5, 5.41) is 0.830. The number of rotatable bonds is 10. The average molecular weight is 399 g/mol. The van der Waals surface area contributed by atoms with Gasteiger partial charge in [0.15, 0.2) is 5.75 Å². The van der Waals surface area contributed by atoms with E-state index in [1.54, 1.807) is 17.7 Å². The molecule has 2 N–H and O–H groups in total. The summed E-state index contributed by atoms with van der Waals surface area (Å²) in [6, 6.07) is 5.50. The van der Waals surface area contributed by atoms with Crippen molar-refractivity contribution in [2.45, 2.75) is 53.4 Å². The summed E-state index contributed by atoms with van der Waals surface area (Å²) in [5.74, 6) is 0.765. The van der Waals surface area contributed by atoms with E-state index in [4.69, 9.17) is 15.2 Å². The van der Waals surface area contributed by atoms with Gasteiger partial charge in [-0.25, -0.2) is 0 Å². The second-order valence-corrected chi connectivity index (χ2v) is 7.68. The van der Waals surface area contributed by atoms with Crippen LogP contribution < -0.4 is 20.8 Å². The lowest BCUT2D eigenvalue weighted by atomic mass is 10.1. The highest BCUT2D eigenvalue weighted by Gasteiger charge is 2.18. The summed E-state index contributed by atoms with van der Waals surface area (Å²) >= 11 is 0. The van der Waals surface area contributed by atoms with E-state index in [9.17, 15) is 4.79 Å². The van der Waals surface area contributed by atoms with Crippen molar-refractivity contribution in [3.8, 4) is 11.5 Å². The number of hydrogen-bond acceptors (Lipinski definition) is 4. The number of allylic oxidation sites excluding steroid dienone is 3. The molecule has 0 spiro atoms. The summed E-state index contributed by atoms with van der Waals surface area (Å²) in [6.07, 6.45) is 8.16. The van der Waals surface area contributed by atoms with Crippen LogP contribution in [0.25, 0.3) is 10.9 Å². The standard InChI is InChI=1S/C24H34N2O3/c1-6-7-14-28-22-20-12-11-19(25)16-21(20)26(5)24(27)23(22)29-15-13-18(4)10-8-9-17(2)3/h9,11-13,16H,6-8,10,14-15,25H2,1-5H3/b18-13+. The van der Waals surface area contributed by atoms with Crippen LogP contribution in [0.1, 0.15) is 53.4 Å². The van der Waals surface area contributed by atoms with E-state index in [1.165, 1.54) is 11.1 Å². The number of nitrogens with zero attached hydrogens (tertiary/aromatic N) is 1. The Balaban J connectivity index is 2.32. The molecule has 0 atom stereocenters. The zero-order valence-electron chi connectivity index (χ0n) is 18.4. The van der Waals surface area contributed by atoms with Crippen molar-refractivity contribution in [1.82, 2.24) is 4.57 Å². The Kier molecular flexibility index (Phi) is 8.37. The minimum absolute atomic E-state index is 0.217. The van der Waals surface area contributed by atoms with E-state index in [1.807, 2.05) is 18.2 Å². The minimum atomic E-state index is -0.217. The van der Waals surface area contributed by atoms with Crippen molar-refractivity contribution in [1.29, 1.82) is 0 Å². The van der Waals surface area contributed by atoms with Crippen LogP contribution >= 0.6 is 0 Å². The molecule has 5 heteroatoms. The summed E-state index contributed by atoms with van der Waals surface area (Å²) in [4.78, 5) is 13.0. The number of benzene rings is 1. The number of aromatic nitrogens is 1. The Morgan fingerprint density at radius 2 is 1.90 bits per heavy atom. The number of aryl methyl sites for hydroxylation is 1. The number of ether oxygens (including phenoxy) is 2. The first kappa shape index (κ1) is 22.6. The fourth-order valence-electron chi connectivity index (χ4n) is 3.05. The molecule has 29 heavy (non-hydrogen) atoms. The number of unbranched alkanes of at least 4 members (excludes halogenated alkanes) is 1. The van der Waals surface area contributed by atoms with Gasteiger partial charge < -0.3 is 19.8 Å². The van der Waals surface area contributed by atoms with Crippen molar-refractivity contribution >= 4 is 16.6 Å². The Morgan fingerprint density at radius 3 is 2.59 bits per heavy atom. The van der Waals surface area contributed by atoms with E-state index in [2.05, 4.69) is 33.8 Å². The maximum Gasteiger partial charge on any atom is 0.297 e. The third-order valence-electron chi connectivity index (χ3n) is 4.83. The van der Waals surface area contributed by atoms with E-state index < -0.39 is 0 Å². The van der Waals surface area contributed by atoms with Crippen molar-refractivity contribution in [3.63, 3.8) is 0 Å². The van der Waals surface area contributed by atoms with E-state index >= 15 is 0 Å². The molecule has 0 saturated heterocycles. The third-order valence-corrected chi connectivity index (χ3v) is 4.83. The van der Waals surface area contributed by atoms with Crippen LogP contribution in [0.3, 0.4) is 0 Å². The topological polar surface area (TPSA) is 66.5 Å². The van der Waals surface area contributed by atoms with Gasteiger partial charge in [0.2, 0.25) is 5.75 Å². The zero-order valence-corrected chi connectivity index (χ0v) is 18.4. The molecule has 0 aliphatic heterocycles. The fraction of sp³-hybridized carbons (Fsp3) is 0.458. The summed E-state index contributed by atoms with van der Waals surface area (Å²) in [6.45, 7) is 9.27. The molecule has 0 aliphatic carbocycles. The van der Waals surface area contributed by atoms with Crippen molar-refractivity contribution in [2.75, 3.05) is 18.9 Å². The lowest BCUT2D eigenvalue weighted by molar-refractivity contribution is 0.278. The largest absolute Gasteiger partial charge is 0.489 e. The van der Waals surface area contributed by atoms with Crippen LogP contribution in [-0.4, -0.2) is 17.8 Å². The third kappa shape index (κ3) is 6.14. The smallest absolute Gasteiger partial charge is 0.297 e. The van der Waals surface area contributed by atoms with Crippen LogP contribution in [0.4, 0.5) is 5.69 Å². The van der Waals surface area contributed by atoms with E-state index in [-0.39, 0.29) is 11.3 Å². The molecule has 158 valence electrons. The minimum Gasteiger partial charge on any atom is -0.489 e. The monoisotopic (exact) mass is 398 g/mol. The maximum absolute atomic E-state index is 13.0. The lowest BCUT2D eigenvalue weighted by Crippen LogP contribution is -2.21. The fourth-order valence-corrected chi connectivity index (χ4v) is 3.05. The molecule has 0 saturated carbocycles. The number of fused-ring (bicyclic) bond motifs is 1.